The van der Waals surface area contributed by atoms with Gasteiger partial charge in [-0.3, -0.25) is 9.59 Å². The van der Waals surface area contributed by atoms with Crippen molar-refractivity contribution in [1.82, 2.24) is 4.90 Å². The molecule has 1 amide bonds. The number of nitrogens with zero attached hydrogens (tertiary/aromatic N) is 2. The Morgan fingerprint density at radius 2 is 1.36 bits per heavy atom. The van der Waals surface area contributed by atoms with E-state index in [4.69, 9.17) is 9.84 Å². The third-order valence-electron chi connectivity index (χ3n) is 9.49. The highest BCUT2D eigenvalue weighted by atomic mass is 32.1. The van der Waals surface area contributed by atoms with Crippen LogP contribution in [0.1, 0.15) is 141 Å². The van der Waals surface area contributed by atoms with Gasteiger partial charge in [0, 0.05) is 50.2 Å². The molecule has 1 aromatic carbocycles. The lowest BCUT2D eigenvalue weighted by Crippen LogP contribution is -2.60. The SMILES string of the molecule is CCC(=O)N(c1ccccc1)C1(COC)CCN(CCc2cccs2)CC1.CCCCCCCCCCCCCCCCCC(=O)O. The Balaban J connectivity index is 0.000000345. The number of ether oxygens (including phenoxy) is 1. The molecule has 0 radical (unpaired) electrons. The van der Waals surface area contributed by atoms with E-state index in [0.29, 0.717) is 19.4 Å². The van der Waals surface area contributed by atoms with Crippen molar-refractivity contribution < 1.29 is 19.4 Å². The van der Waals surface area contributed by atoms with E-state index >= 15 is 0 Å². The number of carbonyl (C=O) groups is 2. The van der Waals surface area contributed by atoms with Gasteiger partial charge < -0.3 is 19.6 Å². The molecule has 1 saturated heterocycles. The molecular weight excluding hydrogens is 605 g/mol. The number of piperidine rings is 1. The average molecular weight is 671 g/mol. The smallest absolute Gasteiger partial charge is 0.303 e. The van der Waals surface area contributed by atoms with E-state index in [9.17, 15) is 9.59 Å². The molecule has 2 aromatic rings. The van der Waals surface area contributed by atoms with Crippen molar-refractivity contribution in [2.45, 2.75) is 148 Å². The van der Waals surface area contributed by atoms with Gasteiger partial charge in [-0.15, -0.1) is 11.3 Å². The minimum absolute atomic E-state index is 0.172. The molecule has 1 fully saturated rings. The summed E-state index contributed by atoms with van der Waals surface area (Å²) in [5.41, 5.74) is 0.719. The molecule has 0 aliphatic carbocycles. The molecule has 0 saturated carbocycles. The first-order chi connectivity index (χ1) is 23.0. The van der Waals surface area contributed by atoms with Gasteiger partial charge in [-0.2, -0.15) is 0 Å². The van der Waals surface area contributed by atoms with Gasteiger partial charge >= 0.3 is 5.97 Å². The Hall–Kier alpha value is -2.22. The number of para-hydroxylation sites is 1. The van der Waals surface area contributed by atoms with Crippen molar-refractivity contribution in [3.63, 3.8) is 0 Å². The highest BCUT2D eigenvalue weighted by Crippen LogP contribution is 2.34. The van der Waals surface area contributed by atoms with Gasteiger partial charge in [-0.25, -0.2) is 0 Å². The molecule has 1 aliphatic heterocycles. The van der Waals surface area contributed by atoms with Gasteiger partial charge in [0.2, 0.25) is 5.91 Å². The van der Waals surface area contributed by atoms with Crippen molar-refractivity contribution >= 4 is 28.9 Å². The van der Waals surface area contributed by atoms with Gasteiger partial charge in [0.25, 0.3) is 0 Å². The fourth-order valence-electron chi connectivity index (χ4n) is 6.68. The lowest BCUT2D eigenvalue weighted by Gasteiger charge is -2.48. The van der Waals surface area contributed by atoms with Crippen LogP contribution in [0.2, 0.25) is 0 Å². The number of carbonyl (C=O) groups excluding carboxylic acids is 1. The Labute approximate surface area is 291 Å². The lowest BCUT2D eigenvalue weighted by atomic mass is 9.85. The molecule has 0 spiro atoms. The fraction of sp³-hybridized carbons (Fsp3) is 0.700. The van der Waals surface area contributed by atoms with Crippen LogP contribution in [0.3, 0.4) is 0 Å². The van der Waals surface area contributed by atoms with Crippen LogP contribution in [0, 0.1) is 0 Å². The van der Waals surface area contributed by atoms with Gasteiger partial charge in [0.15, 0.2) is 0 Å². The molecule has 0 bridgehead atoms. The van der Waals surface area contributed by atoms with E-state index in [0.717, 1.165) is 57.4 Å². The maximum Gasteiger partial charge on any atom is 0.303 e. The number of anilines is 1. The van der Waals surface area contributed by atoms with E-state index in [1.807, 2.05) is 53.5 Å². The summed E-state index contributed by atoms with van der Waals surface area (Å²) in [4.78, 5) is 29.2. The molecule has 2 heterocycles. The zero-order valence-corrected chi connectivity index (χ0v) is 30.9. The summed E-state index contributed by atoms with van der Waals surface area (Å²) in [6.45, 7) is 7.86. The van der Waals surface area contributed by atoms with Crippen LogP contribution < -0.4 is 4.90 Å². The summed E-state index contributed by atoms with van der Waals surface area (Å²) in [6.07, 6.45) is 23.7. The lowest BCUT2D eigenvalue weighted by molar-refractivity contribution is -0.137. The number of unbranched alkanes of at least 4 members (excludes halogenated alkanes) is 14. The van der Waals surface area contributed by atoms with Gasteiger partial charge in [-0.1, -0.05) is 128 Å². The van der Waals surface area contributed by atoms with E-state index < -0.39 is 5.97 Å². The first kappa shape index (κ1) is 41.0. The number of thiophene rings is 1. The number of amides is 1. The first-order valence-corrected chi connectivity index (χ1v) is 19.7. The summed E-state index contributed by atoms with van der Waals surface area (Å²) in [5, 5.41) is 10.7. The van der Waals surface area contributed by atoms with Crippen LogP contribution in [-0.2, 0) is 20.7 Å². The molecule has 1 aliphatic rings. The van der Waals surface area contributed by atoms with Crippen LogP contribution in [0.4, 0.5) is 5.69 Å². The summed E-state index contributed by atoms with van der Waals surface area (Å²) < 4.78 is 5.63. The number of aliphatic carboxylic acids is 1. The topological polar surface area (TPSA) is 70.1 Å². The zero-order valence-electron chi connectivity index (χ0n) is 30.1. The molecule has 6 nitrogen and oxygen atoms in total. The van der Waals surface area contributed by atoms with Gasteiger partial charge in [0.05, 0.1) is 12.1 Å². The molecule has 0 atom stereocenters. The van der Waals surface area contributed by atoms with Crippen molar-refractivity contribution in [2.75, 3.05) is 38.3 Å². The Kier molecular flexibility index (Phi) is 22.4. The second-order valence-electron chi connectivity index (χ2n) is 13.3. The second kappa shape index (κ2) is 25.8. The molecular formula is C40H66N2O4S. The molecule has 266 valence electrons. The maximum absolute atomic E-state index is 12.9. The maximum atomic E-state index is 12.9. The molecule has 1 N–H and O–H groups in total. The van der Waals surface area contributed by atoms with E-state index in [1.165, 1.54) is 88.3 Å². The van der Waals surface area contributed by atoms with Crippen molar-refractivity contribution in [2.24, 2.45) is 0 Å². The van der Waals surface area contributed by atoms with Crippen molar-refractivity contribution in [3.8, 4) is 0 Å². The monoisotopic (exact) mass is 670 g/mol. The Bertz CT molecular complexity index is 1040. The predicted molar refractivity (Wildman–Crippen MR) is 200 cm³/mol. The van der Waals surface area contributed by atoms with Crippen LogP contribution in [0.15, 0.2) is 47.8 Å². The molecule has 47 heavy (non-hydrogen) atoms. The summed E-state index contributed by atoms with van der Waals surface area (Å²) in [7, 11) is 1.74. The number of hydrogen-bond donors (Lipinski definition) is 1. The largest absolute Gasteiger partial charge is 0.481 e. The van der Waals surface area contributed by atoms with Crippen molar-refractivity contribution in [1.29, 1.82) is 0 Å². The number of carboxylic acids is 1. The third-order valence-corrected chi connectivity index (χ3v) is 10.4. The Morgan fingerprint density at radius 1 is 0.809 bits per heavy atom. The van der Waals surface area contributed by atoms with Gasteiger partial charge in [0.1, 0.15) is 0 Å². The van der Waals surface area contributed by atoms with E-state index in [-0.39, 0.29) is 11.4 Å². The van der Waals surface area contributed by atoms with E-state index in [2.05, 4.69) is 29.3 Å². The molecule has 7 heteroatoms. The van der Waals surface area contributed by atoms with Gasteiger partial charge in [-0.05, 0) is 49.3 Å². The van der Waals surface area contributed by atoms with Crippen LogP contribution >= 0.6 is 11.3 Å². The van der Waals surface area contributed by atoms with Crippen LogP contribution in [0.25, 0.3) is 0 Å². The summed E-state index contributed by atoms with van der Waals surface area (Å²) in [5.74, 6) is -0.482. The quantitative estimate of drug-likeness (QED) is 0.113. The highest BCUT2D eigenvalue weighted by molar-refractivity contribution is 7.09. The molecule has 1 aromatic heterocycles. The summed E-state index contributed by atoms with van der Waals surface area (Å²) >= 11 is 1.83. The minimum atomic E-state index is -0.653. The fourth-order valence-corrected chi connectivity index (χ4v) is 7.38. The minimum Gasteiger partial charge on any atom is -0.481 e. The average Bonchev–Trinajstić information content (AvgIpc) is 3.61. The number of rotatable bonds is 24. The summed E-state index contributed by atoms with van der Waals surface area (Å²) in [6, 6.07) is 14.4. The van der Waals surface area contributed by atoms with Crippen LogP contribution in [-0.4, -0.2) is 60.8 Å². The number of carboxylic acid groups (broad SMARTS) is 1. The highest BCUT2D eigenvalue weighted by Gasteiger charge is 2.42. The normalized spacial score (nSPS) is 14.4. The zero-order chi connectivity index (χ0) is 34.0. The number of likely N-dealkylation sites (tertiary alicyclic amines) is 1. The standard InChI is InChI=1S/C22H30N2O2S.C18H36O2/c1-3-21(25)24(19-8-5-4-6-9-19)22(18-26-2)12-15-23(16-13-22)14-11-20-10-7-17-27-20;1-2-3-4-5-6-7-8-9-10-11-12-13-14-15-16-17-18(19)20/h4-10,17H,3,11-16,18H2,1-2H3;2-17H2,1H3,(H,19,20). The van der Waals surface area contributed by atoms with Crippen LogP contribution in [0.5, 0.6) is 0 Å². The molecule has 3 rings (SSSR count). The van der Waals surface area contributed by atoms with Crippen molar-refractivity contribution in [3.05, 3.63) is 52.7 Å². The first-order valence-electron chi connectivity index (χ1n) is 18.8. The number of benzene rings is 1. The predicted octanol–water partition coefficient (Wildman–Crippen LogP) is 10.5. The number of methoxy groups -OCH3 is 1. The second-order valence-corrected chi connectivity index (χ2v) is 14.4. The molecule has 0 unspecified atom stereocenters. The Morgan fingerprint density at radius 3 is 1.83 bits per heavy atom. The van der Waals surface area contributed by atoms with E-state index in [1.54, 1.807) is 7.11 Å². The third kappa shape index (κ3) is 17.1. The number of hydrogen-bond acceptors (Lipinski definition) is 5.